The van der Waals surface area contributed by atoms with Crippen LogP contribution in [0.1, 0.15) is 25.6 Å². The molecule has 2 N–H and O–H groups in total. The van der Waals surface area contributed by atoms with E-state index in [0.29, 0.717) is 31.3 Å². The number of ether oxygens (including phenoxy) is 1. The molecule has 2 aromatic heterocycles. The van der Waals surface area contributed by atoms with Crippen molar-refractivity contribution in [3.8, 4) is 22.5 Å². The van der Waals surface area contributed by atoms with E-state index in [0.717, 1.165) is 22.5 Å². The SMILES string of the molecule is CC(OS(=O)O)c1cc(N2CCOC[C@@H]2C)nc(-c2ccc(-c3cn[nH]c3)cc2)n1. The summed E-state index contributed by atoms with van der Waals surface area (Å²) < 4.78 is 30.8. The number of nitrogens with one attached hydrogen (secondary N) is 1. The highest BCUT2D eigenvalue weighted by atomic mass is 32.2. The Kier molecular flexibility index (Phi) is 6.18. The molecule has 0 radical (unpaired) electrons. The third-order valence-corrected chi connectivity index (χ3v) is 5.47. The van der Waals surface area contributed by atoms with Gasteiger partial charge in [-0.1, -0.05) is 24.3 Å². The smallest absolute Gasteiger partial charge is 0.302 e. The van der Waals surface area contributed by atoms with E-state index in [1.807, 2.05) is 36.5 Å². The van der Waals surface area contributed by atoms with Crippen LogP contribution in [0.5, 0.6) is 0 Å². The minimum Gasteiger partial charge on any atom is -0.377 e. The first kappa shape index (κ1) is 20.6. The molecule has 1 fully saturated rings. The molecule has 4 rings (SSSR count). The van der Waals surface area contributed by atoms with Gasteiger partial charge >= 0.3 is 11.4 Å². The molecule has 0 aliphatic carbocycles. The quantitative estimate of drug-likeness (QED) is 0.575. The van der Waals surface area contributed by atoms with Gasteiger partial charge in [-0.3, -0.25) is 13.8 Å². The van der Waals surface area contributed by atoms with Crippen molar-refractivity contribution >= 4 is 17.2 Å². The highest BCUT2D eigenvalue weighted by Gasteiger charge is 2.23. The molecule has 3 aromatic rings. The molecule has 3 heterocycles. The van der Waals surface area contributed by atoms with E-state index in [1.165, 1.54) is 0 Å². The summed E-state index contributed by atoms with van der Waals surface area (Å²) in [5, 5.41) is 6.79. The average Bonchev–Trinajstić information content (AvgIpc) is 3.28. The highest BCUT2D eigenvalue weighted by molar-refractivity contribution is 7.74. The number of benzene rings is 1. The lowest BCUT2D eigenvalue weighted by Crippen LogP contribution is -2.44. The molecule has 9 nitrogen and oxygen atoms in total. The first-order chi connectivity index (χ1) is 14.5. The van der Waals surface area contributed by atoms with Gasteiger partial charge in [0.1, 0.15) is 11.9 Å². The summed E-state index contributed by atoms with van der Waals surface area (Å²) in [5.74, 6) is 1.27. The molecule has 158 valence electrons. The molecular formula is C20H23N5O4S. The Balaban J connectivity index is 1.72. The largest absolute Gasteiger partial charge is 0.377 e. The molecule has 0 amide bonds. The van der Waals surface area contributed by atoms with Crippen LogP contribution in [0.2, 0.25) is 0 Å². The summed E-state index contributed by atoms with van der Waals surface area (Å²) in [6.45, 7) is 5.70. The van der Waals surface area contributed by atoms with Crippen molar-refractivity contribution in [2.24, 2.45) is 0 Å². The van der Waals surface area contributed by atoms with Gasteiger partial charge in [0.25, 0.3) is 0 Å². The van der Waals surface area contributed by atoms with E-state index < -0.39 is 17.5 Å². The van der Waals surface area contributed by atoms with Gasteiger partial charge in [-0.05, 0) is 19.4 Å². The molecule has 0 saturated carbocycles. The van der Waals surface area contributed by atoms with Crippen LogP contribution in [0.15, 0.2) is 42.7 Å². The van der Waals surface area contributed by atoms with Crippen molar-refractivity contribution in [2.75, 3.05) is 24.7 Å². The zero-order valence-corrected chi connectivity index (χ0v) is 17.5. The Bertz CT molecular complexity index is 1010. The lowest BCUT2D eigenvalue weighted by atomic mass is 10.1. The molecule has 2 unspecified atom stereocenters. The van der Waals surface area contributed by atoms with Crippen molar-refractivity contribution in [1.29, 1.82) is 0 Å². The second-order valence-corrected chi connectivity index (χ2v) is 7.74. The van der Waals surface area contributed by atoms with Crippen LogP contribution >= 0.6 is 0 Å². The number of hydrogen-bond acceptors (Lipinski definition) is 7. The molecule has 0 spiro atoms. The number of anilines is 1. The molecule has 3 atom stereocenters. The topological polar surface area (TPSA) is 113 Å². The van der Waals surface area contributed by atoms with Crippen molar-refractivity contribution in [3.05, 3.63) is 48.4 Å². The third kappa shape index (κ3) is 4.57. The minimum atomic E-state index is -2.39. The number of H-pyrrole nitrogens is 1. The summed E-state index contributed by atoms with van der Waals surface area (Å²) in [6, 6.07) is 9.82. The normalized spacial score (nSPS) is 18.9. The van der Waals surface area contributed by atoms with Gasteiger partial charge in [-0.2, -0.15) is 9.31 Å². The van der Waals surface area contributed by atoms with Crippen molar-refractivity contribution < 1.29 is 17.7 Å². The monoisotopic (exact) mass is 429 g/mol. The standard InChI is InChI=1S/C20H23N5O4S/c1-13-12-28-8-7-25(13)19-9-18(14(2)29-30(26)27)23-20(24-19)16-5-3-15(4-6-16)17-10-21-22-11-17/h3-6,9-11,13-14H,7-8,12H2,1-2H3,(H,21,22)(H,26,27)/t13-,14?/m0/s1. The zero-order valence-electron chi connectivity index (χ0n) is 16.7. The Labute approximate surface area is 177 Å². The number of hydrogen-bond donors (Lipinski definition) is 2. The molecule has 10 heteroatoms. The molecule has 30 heavy (non-hydrogen) atoms. The Hall–Kier alpha value is -2.66. The van der Waals surface area contributed by atoms with E-state index in [4.69, 9.17) is 18.5 Å². The van der Waals surface area contributed by atoms with E-state index in [9.17, 15) is 4.21 Å². The maximum Gasteiger partial charge on any atom is 0.302 e. The van der Waals surface area contributed by atoms with Gasteiger partial charge in [-0.25, -0.2) is 9.97 Å². The maximum absolute atomic E-state index is 11.1. The number of aromatic nitrogens is 4. The second kappa shape index (κ2) is 9.00. The van der Waals surface area contributed by atoms with Gasteiger partial charge in [0.15, 0.2) is 5.82 Å². The fourth-order valence-corrected chi connectivity index (χ4v) is 3.74. The predicted molar refractivity (Wildman–Crippen MR) is 113 cm³/mol. The Morgan fingerprint density at radius 2 is 2.03 bits per heavy atom. The molecule has 1 aromatic carbocycles. The fourth-order valence-electron chi connectivity index (χ4n) is 3.40. The van der Waals surface area contributed by atoms with Gasteiger partial charge in [0.05, 0.1) is 31.1 Å². The summed E-state index contributed by atoms with van der Waals surface area (Å²) >= 11 is -2.39. The van der Waals surface area contributed by atoms with E-state index >= 15 is 0 Å². The van der Waals surface area contributed by atoms with Crippen LogP contribution in [-0.4, -0.2) is 54.7 Å². The minimum absolute atomic E-state index is 0.154. The number of morpholine rings is 1. The molecule has 0 bridgehead atoms. The van der Waals surface area contributed by atoms with Crippen molar-refractivity contribution in [2.45, 2.75) is 26.0 Å². The summed E-state index contributed by atoms with van der Waals surface area (Å²) in [4.78, 5) is 11.5. The summed E-state index contributed by atoms with van der Waals surface area (Å²) in [5.41, 5.74) is 3.39. The maximum atomic E-state index is 11.1. The Morgan fingerprint density at radius 1 is 1.27 bits per heavy atom. The van der Waals surface area contributed by atoms with E-state index in [2.05, 4.69) is 27.0 Å². The lowest BCUT2D eigenvalue weighted by Gasteiger charge is -2.34. The van der Waals surface area contributed by atoms with Crippen LogP contribution in [-0.2, 0) is 20.3 Å². The van der Waals surface area contributed by atoms with Crippen LogP contribution < -0.4 is 4.90 Å². The first-order valence-electron chi connectivity index (χ1n) is 9.62. The van der Waals surface area contributed by atoms with Gasteiger partial charge < -0.3 is 9.64 Å². The molecular weight excluding hydrogens is 406 g/mol. The second-order valence-electron chi connectivity index (χ2n) is 7.11. The van der Waals surface area contributed by atoms with Crippen LogP contribution in [0, 0.1) is 0 Å². The van der Waals surface area contributed by atoms with Crippen molar-refractivity contribution in [1.82, 2.24) is 20.2 Å². The third-order valence-electron chi connectivity index (χ3n) is 5.01. The van der Waals surface area contributed by atoms with Crippen LogP contribution in [0.4, 0.5) is 5.82 Å². The molecule has 1 saturated heterocycles. The molecule has 1 aliphatic rings. The molecule has 1 aliphatic heterocycles. The van der Waals surface area contributed by atoms with Crippen LogP contribution in [0.3, 0.4) is 0 Å². The zero-order chi connectivity index (χ0) is 21.1. The van der Waals surface area contributed by atoms with E-state index in [-0.39, 0.29) is 6.04 Å². The number of aromatic amines is 1. The van der Waals surface area contributed by atoms with Crippen molar-refractivity contribution in [3.63, 3.8) is 0 Å². The van der Waals surface area contributed by atoms with Gasteiger partial charge in [0.2, 0.25) is 0 Å². The fraction of sp³-hybridized carbons (Fsp3) is 0.350. The van der Waals surface area contributed by atoms with Crippen LogP contribution in [0.25, 0.3) is 22.5 Å². The predicted octanol–water partition coefficient (Wildman–Crippen LogP) is 2.97. The number of nitrogens with zero attached hydrogens (tertiary/aromatic N) is 4. The van der Waals surface area contributed by atoms with E-state index in [1.54, 1.807) is 13.1 Å². The number of rotatable bonds is 6. The lowest BCUT2D eigenvalue weighted by molar-refractivity contribution is 0.0985. The average molecular weight is 430 g/mol. The summed E-state index contributed by atoms with van der Waals surface area (Å²) in [6.07, 6.45) is 2.92. The van der Waals surface area contributed by atoms with Gasteiger partial charge in [0, 0.05) is 29.9 Å². The Morgan fingerprint density at radius 3 is 2.70 bits per heavy atom. The first-order valence-corrected chi connectivity index (χ1v) is 10.7. The highest BCUT2D eigenvalue weighted by Crippen LogP contribution is 2.28. The summed E-state index contributed by atoms with van der Waals surface area (Å²) in [7, 11) is 0. The van der Waals surface area contributed by atoms with Gasteiger partial charge in [-0.15, -0.1) is 0 Å².